The SMILES string of the molecule is C=CC[C@H](CC(=O)[C@@H](NC(=O)CCCCCN=[N+]=[N-])C(C)C)C(=O)Nc1ccc(CO)cc1. The number of azide groups is 1. The molecule has 0 saturated heterocycles. The molecule has 1 aromatic carbocycles. The van der Waals surface area contributed by atoms with Gasteiger partial charge in [-0.2, -0.15) is 0 Å². The first-order valence-corrected chi connectivity index (χ1v) is 11.3. The van der Waals surface area contributed by atoms with Gasteiger partial charge >= 0.3 is 0 Å². The first kappa shape index (κ1) is 27.9. The molecule has 0 aromatic heterocycles. The lowest BCUT2D eigenvalue weighted by molar-refractivity contribution is -0.131. The smallest absolute Gasteiger partial charge is 0.228 e. The fraction of sp³-hybridized carbons (Fsp3) is 0.542. The van der Waals surface area contributed by atoms with Gasteiger partial charge < -0.3 is 15.7 Å². The van der Waals surface area contributed by atoms with Crippen molar-refractivity contribution in [3.63, 3.8) is 0 Å². The van der Waals surface area contributed by atoms with E-state index in [2.05, 4.69) is 27.2 Å². The molecule has 2 atom stereocenters. The summed E-state index contributed by atoms with van der Waals surface area (Å²) in [5.74, 6) is -1.43. The molecular formula is C24H35N5O4. The molecule has 9 nitrogen and oxygen atoms in total. The normalized spacial score (nSPS) is 12.4. The van der Waals surface area contributed by atoms with E-state index in [4.69, 9.17) is 10.6 Å². The molecule has 0 heterocycles. The number of anilines is 1. The van der Waals surface area contributed by atoms with Crippen LogP contribution in [0.4, 0.5) is 5.69 Å². The van der Waals surface area contributed by atoms with E-state index >= 15 is 0 Å². The number of allylic oxidation sites excluding steroid dienone is 1. The molecule has 0 spiro atoms. The predicted molar refractivity (Wildman–Crippen MR) is 128 cm³/mol. The Hall–Kier alpha value is -3.16. The van der Waals surface area contributed by atoms with Crippen molar-refractivity contribution in [2.45, 2.75) is 65.0 Å². The van der Waals surface area contributed by atoms with Crippen LogP contribution in [0, 0.1) is 11.8 Å². The van der Waals surface area contributed by atoms with Crippen molar-refractivity contribution in [2.75, 3.05) is 11.9 Å². The summed E-state index contributed by atoms with van der Waals surface area (Å²) in [4.78, 5) is 40.8. The summed E-state index contributed by atoms with van der Waals surface area (Å²) in [6.07, 6.45) is 4.32. The third-order valence-electron chi connectivity index (χ3n) is 5.23. The highest BCUT2D eigenvalue weighted by Gasteiger charge is 2.28. The zero-order valence-corrected chi connectivity index (χ0v) is 19.5. The van der Waals surface area contributed by atoms with Gasteiger partial charge in [-0.05, 0) is 48.4 Å². The monoisotopic (exact) mass is 457 g/mol. The summed E-state index contributed by atoms with van der Waals surface area (Å²) in [6.45, 7) is 7.73. The second-order valence-electron chi connectivity index (χ2n) is 8.29. The zero-order valence-electron chi connectivity index (χ0n) is 19.5. The molecule has 1 rings (SSSR count). The Bertz CT molecular complexity index is 832. The van der Waals surface area contributed by atoms with Crippen LogP contribution in [-0.4, -0.2) is 35.3 Å². The van der Waals surface area contributed by atoms with Crippen LogP contribution in [0.5, 0.6) is 0 Å². The van der Waals surface area contributed by atoms with Gasteiger partial charge in [-0.1, -0.05) is 43.6 Å². The molecule has 0 unspecified atom stereocenters. The van der Waals surface area contributed by atoms with Gasteiger partial charge in [-0.15, -0.1) is 6.58 Å². The Morgan fingerprint density at radius 1 is 1.18 bits per heavy atom. The van der Waals surface area contributed by atoms with E-state index in [1.165, 1.54) is 0 Å². The van der Waals surface area contributed by atoms with Crippen LogP contribution in [0.15, 0.2) is 42.0 Å². The largest absolute Gasteiger partial charge is 0.392 e. The number of benzene rings is 1. The van der Waals surface area contributed by atoms with E-state index in [1.807, 2.05) is 13.8 Å². The molecule has 0 aliphatic heterocycles. The van der Waals surface area contributed by atoms with Gasteiger partial charge in [-0.25, -0.2) is 0 Å². The summed E-state index contributed by atoms with van der Waals surface area (Å²) in [6, 6.07) is 6.14. The molecule has 9 heteroatoms. The van der Waals surface area contributed by atoms with Crippen molar-refractivity contribution in [3.8, 4) is 0 Å². The maximum absolute atomic E-state index is 13.0. The van der Waals surface area contributed by atoms with E-state index < -0.39 is 12.0 Å². The second kappa shape index (κ2) is 15.6. The molecule has 0 aliphatic rings. The molecule has 0 radical (unpaired) electrons. The minimum absolute atomic E-state index is 0.0120. The number of ketones is 1. The van der Waals surface area contributed by atoms with Crippen LogP contribution in [0.25, 0.3) is 10.4 Å². The number of nitrogens with one attached hydrogen (secondary N) is 2. The maximum atomic E-state index is 13.0. The van der Waals surface area contributed by atoms with Crippen LogP contribution >= 0.6 is 0 Å². The standard InChI is InChI=1S/C24H35N5O4/c1-4-8-19(24(33)27-20-12-10-18(16-30)11-13-20)15-21(31)23(17(2)3)28-22(32)9-6-5-7-14-26-29-25/h4,10-13,17,19,23,30H,1,5-9,14-16H2,2-3H3,(H,27,33)(H,28,32)/t19-,23+/m1/s1. The van der Waals surface area contributed by atoms with Gasteiger partial charge in [0, 0.05) is 35.9 Å². The number of hydrogen-bond acceptors (Lipinski definition) is 5. The van der Waals surface area contributed by atoms with Crippen molar-refractivity contribution in [2.24, 2.45) is 17.0 Å². The number of amides is 2. The average Bonchev–Trinajstić information content (AvgIpc) is 2.79. The number of nitrogens with zero attached hydrogens (tertiary/aromatic N) is 3. The lowest BCUT2D eigenvalue weighted by Gasteiger charge is -2.23. The third kappa shape index (κ3) is 10.8. The minimum Gasteiger partial charge on any atom is -0.392 e. The van der Waals surface area contributed by atoms with E-state index in [0.717, 1.165) is 12.0 Å². The van der Waals surface area contributed by atoms with Crippen LogP contribution in [0.1, 0.15) is 57.9 Å². The number of carbonyl (C=O) groups is 3. The summed E-state index contributed by atoms with van der Waals surface area (Å²) in [5, 5.41) is 18.2. The molecule has 0 bridgehead atoms. The van der Waals surface area contributed by atoms with Gasteiger partial charge in [-0.3, -0.25) is 14.4 Å². The number of hydrogen-bond donors (Lipinski definition) is 3. The predicted octanol–water partition coefficient (Wildman–Crippen LogP) is 4.28. The Kier molecular flexibility index (Phi) is 13.2. The third-order valence-corrected chi connectivity index (χ3v) is 5.23. The Balaban J connectivity index is 2.67. The highest BCUT2D eigenvalue weighted by molar-refractivity contribution is 5.97. The van der Waals surface area contributed by atoms with Crippen molar-refractivity contribution in [3.05, 3.63) is 52.9 Å². The van der Waals surface area contributed by atoms with Crippen molar-refractivity contribution in [1.29, 1.82) is 0 Å². The van der Waals surface area contributed by atoms with E-state index in [-0.39, 0.29) is 43.0 Å². The van der Waals surface area contributed by atoms with Crippen LogP contribution in [0.3, 0.4) is 0 Å². The lowest BCUT2D eigenvalue weighted by atomic mass is 9.90. The highest BCUT2D eigenvalue weighted by atomic mass is 16.3. The Morgan fingerprint density at radius 2 is 1.88 bits per heavy atom. The maximum Gasteiger partial charge on any atom is 0.228 e. The van der Waals surface area contributed by atoms with Gasteiger partial charge in [0.1, 0.15) is 0 Å². The molecule has 0 saturated carbocycles. The molecule has 1 aromatic rings. The van der Waals surface area contributed by atoms with Crippen LogP contribution in [-0.2, 0) is 21.0 Å². The van der Waals surface area contributed by atoms with E-state index in [9.17, 15) is 14.4 Å². The number of Topliss-reactive ketones (excluding diaryl/α,β-unsaturated/α-hetero) is 1. The minimum atomic E-state index is -0.676. The summed E-state index contributed by atoms with van der Waals surface area (Å²) in [5.41, 5.74) is 9.57. The number of aliphatic hydroxyl groups excluding tert-OH is 1. The molecule has 3 N–H and O–H groups in total. The molecule has 33 heavy (non-hydrogen) atoms. The van der Waals surface area contributed by atoms with E-state index in [0.29, 0.717) is 31.5 Å². The number of rotatable bonds is 16. The van der Waals surface area contributed by atoms with Gasteiger partial charge in [0.2, 0.25) is 11.8 Å². The average molecular weight is 458 g/mol. The molecule has 180 valence electrons. The van der Waals surface area contributed by atoms with Gasteiger partial charge in [0.05, 0.1) is 12.6 Å². The summed E-state index contributed by atoms with van der Waals surface area (Å²) < 4.78 is 0. The number of unbranched alkanes of at least 4 members (excludes halogenated alkanes) is 2. The van der Waals surface area contributed by atoms with Crippen LogP contribution in [0.2, 0.25) is 0 Å². The van der Waals surface area contributed by atoms with Gasteiger partial charge in [0.25, 0.3) is 0 Å². The fourth-order valence-corrected chi connectivity index (χ4v) is 3.35. The van der Waals surface area contributed by atoms with Crippen molar-refractivity contribution >= 4 is 23.3 Å². The Labute approximate surface area is 195 Å². The topological polar surface area (TPSA) is 144 Å². The molecule has 0 aliphatic carbocycles. The van der Waals surface area contributed by atoms with E-state index in [1.54, 1.807) is 30.3 Å². The summed E-state index contributed by atoms with van der Waals surface area (Å²) >= 11 is 0. The molecule has 2 amide bonds. The highest BCUT2D eigenvalue weighted by Crippen LogP contribution is 2.18. The van der Waals surface area contributed by atoms with Crippen molar-refractivity contribution < 1.29 is 19.5 Å². The quantitative estimate of drug-likeness (QED) is 0.112. The summed E-state index contributed by atoms with van der Waals surface area (Å²) in [7, 11) is 0. The molecular weight excluding hydrogens is 422 g/mol. The molecule has 0 fully saturated rings. The number of carbonyl (C=O) groups excluding carboxylic acids is 3. The van der Waals surface area contributed by atoms with Crippen molar-refractivity contribution in [1.82, 2.24) is 5.32 Å². The lowest BCUT2D eigenvalue weighted by Crippen LogP contribution is -2.45. The number of aliphatic hydroxyl groups is 1. The fourth-order valence-electron chi connectivity index (χ4n) is 3.35. The zero-order chi connectivity index (χ0) is 24.6. The second-order valence-corrected chi connectivity index (χ2v) is 8.29. The van der Waals surface area contributed by atoms with Gasteiger partial charge in [0.15, 0.2) is 5.78 Å². The first-order valence-electron chi connectivity index (χ1n) is 11.3. The van der Waals surface area contributed by atoms with Crippen LogP contribution < -0.4 is 10.6 Å². The Morgan fingerprint density at radius 3 is 2.45 bits per heavy atom. The first-order chi connectivity index (χ1) is 15.8.